The molecule has 1 saturated heterocycles. The van der Waals surface area contributed by atoms with Crippen molar-refractivity contribution in [2.75, 3.05) is 39.3 Å². The number of piperazine rings is 1. The van der Waals surface area contributed by atoms with Crippen molar-refractivity contribution >= 4 is 27.5 Å². The molecular formula is C22H28ClN3O3S. The molecule has 0 saturated carbocycles. The first-order valence-corrected chi connectivity index (χ1v) is 12.0. The zero-order valence-electron chi connectivity index (χ0n) is 17.4. The number of rotatable bonds is 7. The molecule has 0 aromatic heterocycles. The van der Waals surface area contributed by atoms with E-state index < -0.39 is 10.0 Å². The fraction of sp³-hybridized carbons (Fsp3) is 0.409. The second kappa shape index (κ2) is 9.92. The summed E-state index contributed by atoms with van der Waals surface area (Å²) in [5.74, 6) is -0.127. The van der Waals surface area contributed by atoms with Crippen LogP contribution in [0.25, 0.3) is 0 Å². The summed E-state index contributed by atoms with van der Waals surface area (Å²) in [5, 5.41) is 0.722. The van der Waals surface area contributed by atoms with Gasteiger partial charge in [-0.2, -0.15) is 4.31 Å². The number of carbonyl (C=O) groups is 1. The third-order valence-electron chi connectivity index (χ3n) is 5.40. The Bertz CT molecular complexity index is 967. The lowest BCUT2D eigenvalue weighted by atomic mass is 10.1. The second-order valence-corrected chi connectivity index (χ2v) is 9.69. The quantitative estimate of drug-likeness (QED) is 0.650. The van der Waals surface area contributed by atoms with Crippen LogP contribution in [0.1, 0.15) is 29.8 Å². The van der Waals surface area contributed by atoms with Crippen molar-refractivity contribution in [1.82, 2.24) is 14.1 Å². The predicted octanol–water partition coefficient (Wildman–Crippen LogP) is 3.33. The zero-order chi connectivity index (χ0) is 21.7. The molecule has 1 heterocycles. The summed E-state index contributed by atoms with van der Waals surface area (Å²) >= 11 is 5.94. The van der Waals surface area contributed by atoms with Gasteiger partial charge < -0.3 is 4.90 Å². The summed E-state index contributed by atoms with van der Waals surface area (Å²) < 4.78 is 26.9. The monoisotopic (exact) mass is 449 g/mol. The standard InChI is InChI=1S/C22H28ClN3O3S/c1-3-26(4-2)30(28,29)21-7-5-6-19(16-21)22(27)25-14-12-24(13-15-25)17-18-8-10-20(23)11-9-18/h5-11,16H,3-4,12-15,17H2,1-2H3. The highest BCUT2D eigenvalue weighted by Gasteiger charge is 2.25. The Labute approximate surface area is 184 Å². The Morgan fingerprint density at radius 2 is 1.63 bits per heavy atom. The average Bonchev–Trinajstić information content (AvgIpc) is 2.76. The van der Waals surface area contributed by atoms with E-state index in [9.17, 15) is 13.2 Å². The molecule has 0 unspecified atom stereocenters. The number of carbonyl (C=O) groups excluding carboxylic acids is 1. The molecule has 0 N–H and O–H groups in total. The highest BCUT2D eigenvalue weighted by Crippen LogP contribution is 2.19. The Morgan fingerprint density at radius 3 is 2.23 bits per heavy atom. The van der Waals surface area contributed by atoms with Gasteiger partial charge in [0.05, 0.1) is 4.90 Å². The molecule has 1 amide bonds. The van der Waals surface area contributed by atoms with Crippen molar-refractivity contribution in [2.24, 2.45) is 0 Å². The van der Waals surface area contributed by atoms with Gasteiger partial charge in [0.1, 0.15) is 0 Å². The molecule has 1 fully saturated rings. The topological polar surface area (TPSA) is 60.9 Å². The van der Waals surface area contributed by atoms with Gasteiger partial charge >= 0.3 is 0 Å². The van der Waals surface area contributed by atoms with Gasteiger partial charge in [0.15, 0.2) is 0 Å². The molecule has 0 bridgehead atoms. The maximum absolute atomic E-state index is 13.0. The fourth-order valence-corrected chi connectivity index (χ4v) is 5.27. The minimum absolute atomic E-state index is 0.127. The Balaban J connectivity index is 1.64. The minimum Gasteiger partial charge on any atom is -0.336 e. The second-order valence-electron chi connectivity index (χ2n) is 7.31. The number of amides is 1. The van der Waals surface area contributed by atoms with Crippen LogP contribution in [-0.4, -0.2) is 67.7 Å². The number of hydrogen-bond donors (Lipinski definition) is 0. The van der Waals surface area contributed by atoms with E-state index in [1.807, 2.05) is 24.3 Å². The van der Waals surface area contributed by atoms with Crippen molar-refractivity contribution in [3.8, 4) is 0 Å². The molecule has 162 valence electrons. The normalized spacial score (nSPS) is 15.5. The lowest BCUT2D eigenvalue weighted by molar-refractivity contribution is 0.0628. The van der Waals surface area contributed by atoms with Gasteiger partial charge in [-0.1, -0.05) is 43.6 Å². The first kappa shape index (κ1) is 22.7. The molecule has 1 aliphatic rings. The Kier molecular flexibility index (Phi) is 7.52. The van der Waals surface area contributed by atoms with Gasteiger partial charge in [-0.25, -0.2) is 8.42 Å². The lowest BCUT2D eigenvalue weighted by Crippen LogP contribution is -2.48. The van der Waals surface area contributed by atoms with Crippen LogP contribution in [0.15, 0.2) is 53.4 Å². The van der Waals surface area contributed by atoms with Gasteiger partial charge in [0.2, 0.25) is 10.0 Å². The molecular weight excluding hydrogens is 422 g/mol. The third-order valence-corrected chi connectivity index (χ3v) is 7.70. The summed E-state index contributed by atoms with van der Waals surface area (Å²) in [6.45, 7) is 7.98. The summed E-state index contributed by atoms with van der Waals surface area (Å²) in [5.41, 5.74) is 1.60. The molecule has 2 aromatic rings. The minimum atomic E-state index is -3.59. The largest absolute Gasteiger partial charge is 0.336 e. The van der Waals surface area contributed by atoms with Crippen molar-refractivity contribution in [3.63, 3.8) is 0 Å². The van der Waals surface area contributed by atoms with Gasteiger partial charge in [-0.05, 0) is 35.9 Å². The van der Waals surface area contributed by atoms with E-state index in [4.69, 9.17) is 11.6 Å². The maximum atomic E-state index is 13.0. The molecule has 3 rings (SSSR count). The molecule has 2 aromatic carbocycles. The predicted molar refractivity (Wildman–Crippen MR) is 119 cm³/mol. The highest BCUT2D eigenvalue weighted by molar-refractivity contribution is 7.89. The van der Waals surface area contributed by atoms with E-state index in [1.54, 1.807) is 36.9 Å². The first-order valence-electron chi connectivity index (χ1n) is 10.2. The molecule has 30 heavy (non-hydrogen) atoms. The first-order chi connectivity index (χ1) is 14.3. The SMILES string of the molecule is CCN(CC)S(=O)(=O)c1cccc(C(=O)N2CCN(Cc3ccc(Cl)cc3)CC2)c1. The summed E-state index contributed by atoms with van der Waals surface area (Å²) in [4.78, 5) is 17.2. The molecule has 0 spiro atoms. The number of sulfonamides is 1. The van der Waals surface area contributed by atoms with Crippen LogP contribution in [0.2, 0.25) is 5.02 Å². The number of halogens is 1. The average molecular weight is 450 g/mol. The van der Waals surface area contributed by atoms with E-state index in [0.29, 0.717) is 31.7 Å². The van der Waals surface area contributed by atoms with Crippen molar-refractivity contribution in [3.05, 3.63) is 64.7 Å². The van der Waals surface area contributed by atoms with E-state index in [2.05, 4.69) is 4.90 Å². The lowest BCUT2D eigenvalue weighted by Gasteiger charge is -2.35. The van der Waals surface area contributed by atoms with E-state index in [-0.39, 0.29) is 10.8 Å². The van der Waals surface area contributed by atoms with Crippen molar-refractivity contribution < 1.29 is 13.2 Å². The van der Waals surface area contributed by atoms with Crippen LogP contribution in [0.4, 0.5) is 0 Å². The van der Waals surface area contributed by atoms with Crippen LogP contribution in [0, 0.1) is 0 Å². The Morgan fingerprint density at radius 1 is 1.00 bits per heavy atom. The van der Waals surface area contributed by atoms with Crippen molar-refractivity contribution in [1.29, 1.82) is 0 Å². The highest BCUT2D eigenvalue weighted by atomic mass is 35.5. The van der Waals surface area contributed by atoms with Crippen LogP contribution in [0.3, 0.4) is 0 Å². The number of benzene rings is 2. The Hall–Kier alpha value is -1.93. The van der Waals surface area contributed by atoms with Crippen LogP contribution < -0.4 is 0 Å². The van der Waals surface area contributed by atoms with E-state index in [0.717, 1.165) is 24.7 Å². The molecule has 8 heteroatoms. The number of nitrogens with zero attached hydrogens (tertiary/aromatic N) is 3. The molecule has 0 atom stereocenters. The van der Waals surface area contributed by atoms with E-state index in [1.165, 1.54) is 15.9 Å². The van der Waals surface area contributed by atoms with E-state index >= 15 is 0 Å². The van der Waals surface area contributed by atoms with Gasteiger partial charge in [-0.3, -0.25) is 9.69 Å². The summed E-state index contributed by atoms with van der Waals surface area (Å²) in [6.07, 6.45) is 0. The maximum Gasteiger partial charge on any atom is 0.253 e. The van der Waals surface area contributed by atoms with Crippen molar-refractivity contribution in [2.45, 2.75) is 25.3 Å². The van der Waals surface area contributed by atoms with Crippen LogP contribution in [0.5, 0.6) is 0 Å². The third kappa shape index (κ3) is 5.21. The number of hydrogen-bond acceptors (Lipinski definition) is 4. The van der Waals surface area contributed by atoms with Gasteiger partial charge in [-0.15, -0.1) is 0 Å². The molecule has 6 nitrogen and oxygen atoms in total. The molecule has 0 aliphatic carbocycles. The summed E-state index contributed by atoms with van der Waals surface area (Å²) in [7, 11) is -3.59. The fourth-order valence-electron chi connectivity index (χ4n) is 3.64. The van der Waals surface area contributed by atoms with Crippen LogP contribution in [-0.2, 0) is 16.6 Å². The zero-order valence-corrected chi connectivity index (χ0v) is 19.0. The summed E-state index contributed by atoms with van der Waals surface area (Å²) in [6, 6.07) is 14.2. The van der Waals surface area contributed by atoms with Crippen LogP contribution >= 0.6 is 11.6 Å². The van der Waals surface area contributed by atoms with Gasteiger partial charge in [0.25, 0.3) is 5.91 Å². The molecule has 0 radical (unpaired) electrons. The van der Waals surface area contributed by atoms with Gasteiger partial charge in [0, 0.05) is 56.4 Å². The molecule has 1 aliphatic heterocycles. The smallest absolute Gasteiger partial charge is 0.253 e.